The number of hydrogen-bond donors (Lipinski definition) is 6. The molecule has 3 saturated heterocycles. The van der Waals surface area contributed by atoms with Crippen LogP contribution in [-0.4, -0.2) is 121 Å². The Balaban J connectivity index is 1.75. The lowest BCUT2D eigenvalue weighted by Crippen LogP contribution is -2.63. The first kappa shape index (κ1) is 24.1. The van der Waals surface area contributed by atoms with Crippen molar-refractivity contribution < 1.29 is 73.7 Å². The lowest BCUT2D eigenvalue weighted by atomic mass is 9.98. The van der Waals surface area contributed by atoms with E-state index in [4.69, 9.17) is 28.1 Å². The Morgan fingerprint density at radius 2 is 1.47 bits per heavy atom. The molecule has 10 atom stereocenters. The van der Waals surface area contributed by atoms with Gasteiger partial charge in [-0.15, -0.1) is 0 Å². The molecular formula is C12H20O16S2. The molecule has 6 N–H and O–H groups in total. The summed E-state index contributed by atoms with van der Waals surface area (Å²) in [6.07, 6.45) is -16.3. The third kappa shape index (κ3) is 5.24. The number of aliphatic hydroxyl groups excluding tert-OH is 4. The van der Waals surface area contributed by atoms with Crippen molar-refractivity contribution in [2.24, 2.45) is 0 Å². The van der Waals surface area contributed by atoms with E-state index >= 15 is 0 Å². The molecule has 18 heteroatoms. The maximum atomic E-state index is 11.0. The van der Waals surface area contributed by atoms with Gasteiger partial charge in [-0.1, -0.05) is 0 Å². The van der Waals surface area contributed by atoms with Gasteiger partial charge in [0, 0.05) is 0 Å². The summed E-state index contributed by atoms with van der Waals surface area (Å²) >= 11 is 0. The second kappa shape index (κ2) is 8.75. The third-order valence-electron chi connectivity index (χ3n) is 4.64. The standard InChI is InChI=1S/C12H20O16S2/c13-1-3-7(27-29(17,18)19)5(14)6(15)12(25-3)26-8-4-2-23-9(8)10(11(16)24-4)28-30(20,21)22/h3-16H,1-2H2,(H,17,18,19)(H,20,21,22)/t3-,4-,5-,6-,7+,8+,9+,10-,11?,12+/m1/s1. The SMILES string of the molecule is O=S(=O)(O)O[C@@H]1[C@H](O)[C@@H](O)[C@H](O[C@@H]2[C@@H]3OC[C@H]2OC(O)[C@@H]3OS(=O)(=O)O)O[C@@H]1CO. The first-order chi connectivity index (χ1) is 13.8. The van der Waals surface area contributed by atoms with E-state index in [1.54, 1.807) is 0 Å². The summed E-state index contributed by atoms with van der Waals surface area (Å²) in [6.45, 7) is -1.12. The van der Waals surface area contributed by atoms with Crippen molar-refractivity contribution in [1.29, 1.82) is 0 Å². The average molecular weight is 484 g/mol. The number of rotatable bonds is 7. The molecule has 0 spiro atoms. The van der Waals surface area contributed by atoms with Gasteiger partial charge in [0.1, 0.15) is 42.7 Å². The van der Waals surface area contributed by atoms with Crippen LogP contribution >= 0.6 is 0 Å². The zero-order chi connectivity index (χ0) is 22.4. The van der Waals surface area contributed by atoms with Gasteiger partial charge in [-0.25, -0.2) is 8.37 Å². The first-order valence-electron chi connectivity index (χ1n) is 8.35. The Labute approximate surface area is 169 Å². The topological polar surface area (TPSA) is 245 Å². The maximum absolute atomic E-state index is 11.0. The van der Waals surface area contributed by atoms with E-state index in [2.05, 4.69) is 8.37 Å². The Bertz CT molecular complexity index is 812. The Hall–Kier alpha value is -0.580. The molecule has 176 valence electrons. The van der Waals surface area contributed by atoms with Crippen molar-refractivity contribution in [3.63, 3.8) is 0 Å². The third-order valence-corrected chi connectivity index (χ3v) is 5.57. The fraction of sp³-hybridized carbons (Fsp3) is 1.00. The van der Waals surface area contributed by atoms with Gasteiger partial charge in [-0.3, -0.25) is 9.11 Å². The summed E-state index contributed by atoms with van der Waals surface area (Å²) in [6, 6.07) is 0. The molecule has 3 heterocycles. The van der Waals surface area contributed by atoms with Crippen LogP contribution in [0.15, 0.2) is 0 Å². The van der Waals surface area contributed by atoms with Crippen LogP contribution in [0.3, 0.4) is 0 Å². The molecule has 3 aliphatic rings. The molecule has 3 aliphatic heterocycles. The van der Waals surface area contributed by atoms with E-state index in [9.17, 15) is 37.3 Å². The highest BCUT2D eigenvalue weighted by molar-refractivity contribution is 7.81. The predicted octanol–water partition coefficient (Wildman–Crippen LogP) is -4.70. The molecule has 16 nitrogen and oxygen atoms in total. The predicted molar refractivity (Wildman–Crippen MR) is 86.1 cm³/mol. The highest BCUT2D eigenvalue weighted by Gasteiger charge is 2.56. The zero-order valence-corrected chi connectivity index (χ0v) is 16.4. The van der Waals surface area contributed by atoms with Gasteiger partial charge in [-0.2, -0.15) is 16.8 Å². The van der Waals surface area contributed by atoms with Crippen LogP contribution in [0.25, 0.3) is 0 Å². The highest BCUT2D eigenvalue weighted by atomic mass is 32.3. The number of ether oxygens (including phenoxy) is 4. The molecule has 3 fully saturated rings. The molecule has 0 amide bonds. The van der Waals surface area contributed by atoms with Crippen LogP contribution in [0.4, 0.5) is 0 Å². The lowest BCUT2D eigenvalue weighted by molar-refractivity contribution is -0.333. The quantitative estimate of drug-likeness (QED) is 0.186. The Morgan fingerprint density at radius 3 is 2.03 bits per heavy atom. The maximum Gasteiger partial charge on any atom is 0.397 e. The average Bonchev–Trinajstić information content (AvgIpc) is 2.91. The molecule has 0 aromatic heterocycles. The molecule has 2 bridgehead atoms. The summed E-state index contributed by atoms with van der Waals surface area (Å²) < 4.78 is 91.1. The Morgan fingerprint density at radius 1 is 0.867 bits per heavy atom. The van der Waals surface area contributed by atoms with Crippen LogP contribution in [0.5, 0.6) is 0 Å². The minimum Gasteiger partial charge on any atom is -0.394 e. The fourth-order valence-corrected chi connectivity index (χ4v) is 4.42. The molecule has 1 unspecified atom stereocenters. The van der Waals surface area contributed by atoms with Gasteiger partial charge in [0.15, 0.2) is 18.7 Å². The summed E-state index contributed by atoms with van der Waals surface area (Å²) in [5.41, 5.74) is 0. The van der Waals surface area contributed by atoms with Gasteiger partial charge in [0.05, 0.1) is 13.2 Å². The Kier molecular flexibility index (Phi) is 7.02. The van der Waals surface area contributed by atoms with E-state index in [0.717, 1.165) is 0 Å². The molecule has 0 saturated carbocycles. The van der Waals surface area contributed by atoms with Gasteiger partial charge < -0.3 is 39.4 Å². The van der Waals surface area contributed by atoms with Gasteiger partial charge >= 0.3 is 20.8 Å². The largest absolute Gasteiger partial charge is 0.397 e. The lowest BCUT2D eigenvalue weighted by Gasteiger charge is -2.44. The van der Waals surface area contributed by atoms with Crippen molar-refractivity contribution in [1.82, 2.24) is 0 Å². The highest BCUT2D eigenvalue weighted by Crippen LogP contribution is 2.36. The zero-order valence-electron chi connectivity index (χ0n) is 14.8. The van der Waals surface area contributed by atoms with Gasteiger partial charge in [0.25, 0.3) is 0 Å². The molecule has 3 rings (SSSR count). The van der Waals surface area contributed by atoms with E-state index in [-0.39, 0.29) is 6.61 Å². The van der Waals surface area contributed by atoms with Crippen molar-refractivity contribution in [2.75, 3.05) is 13.2 Å². The van der Waals surface area contributed by atoms with E-state index in [1.165, 1.54) is 0 Å². The van der Waals surface area contributed by atoms with Crippen molar-refractivity contribution in [3.8, 4) is 0 Å². The number of hydrogen-bond acceptors (Lipinski definition) is 14. The van der Waals surface area contributed by atoms with Crippen LogP contribution in [-0.2, 0) is 48.1 Å². The van der Waals surface area contributed by atoms with Crippen LogP contribution in [0, 0.1) is 0 Å². The van der Waals surface area contributed by atoms with E-state index in [1.807, 2.05) is 0 Å². The van der Waals surface area contributed by atoms with Crippen LogP contribution in [0.2, 0.25) is 0 Å². The van der Waals surface area contributed by atoms with E-state index < -0.39 is 88.8 Å². The van der Waals surface area contributed by atoms with Gasteiger partial charge in [-0.05, 0) is 0 Å². The summed E-state index contributed by atoms with van der Waals surface area (Å²) in [7, 11) is -10.1. The summed E-state index contributed by atoms with van der Waals surface area (Å²) in [4.78, 5) is 0. The minimum absolute atomic E-state index is 0.207. The molecule has 0 aromatic rings. The molecule has 0 aromatic carbocycles. The monoisotopic (exact) mass is 484 g/mol. The van der Waals surface area contributed by atoms with E-state index in [0.29, 0.717) is 0 Å². The van der Waals surface area contributed by atoms with Crippen molar-refractivity contribution in [2.45, 2.75) is 61.4 Å². The normalized spacial score (nSPS) is 44.9. The molecular weight excluding hydrogens is 464 g/mol. The van der Waals surface area contributed by atoms with Crippen LogP contribution in [0.1, 0.15) is 0 Å². The van der Waals surface area contributed by atoms with Crippen molar-refractivity contribution in [3.05, 3.63) is 0 Å². The summed E-state index contributed by atoms with van der Waals surface area (Å²) in [5.74, 6) is 0. The summed E-state index contributed by atoms with van der Waals surface area (Å²) in [5, 5.41) is 39.6. The van der Waals surface area contributed by atoms with Gasteiger partial charge in [0.2, 0.25) is 0 Å². The first-order valence-corrected chi connectivity index (χ1v) is 11.1. The number of aliphatic hydroxyl groups is 4. The van der Waals surface area contributed by atoms with Crippen LogP contribution < -0.4 is 0 Å². The molecule has 0 aliphatic carbocycles. The van der Waals surface area contributed by atoms with Crippen molar-refractivity contribution >= 4 is 20.8 Å². The number of fused-ring (bicyclic) bond motifs is 2. The second-order valence-electron chi connectivity index (χ2n) is 6.65. The second-order valence-corrected chi connectivity index (χ2v) is 8.74. The fourth-order valence-electron chi connectivity index (χ4n) is 3.41. The minimum atomic E-state index is -5.07. The molecule has 30 heavy (non-hydrogen) atoms. The smallest absolute Gasteiger partial charge is 0.394 e. The molecule has 0 radical (unpaired) electrons.